The molecular formula is C12H16BrNO3S. The van der Waals surface area contributed by atoms with E-state index in [0.29, 0.717) is 37.1 Å². The molecule has 0 radical (unpaired) electrons. The maximum Gasteiger partial charge on any atom is 0.235 e. The van der Waals surface area contributed by atoms with Crippen LogP contribution in [0.4, 0.5) is 5.69 Å². The minimum atomic E-state index is -3.32. The average molecular weight is 334 g/mol. The Kier molecular flexibility index (Phi) is 4.64. The molecular weight excluding hydrogens is 318 g/mol. The van der Waals surface area contributed by atoms with Crippen LogP contribution >= 0.6 is 15.9 Å². The molecule has 6 heteroatoms. The molecule has 1 aliphatic rings. The Morgan fingerprint density at radius 2 is 1.94 bits per heavy atom. The van der Waals surface area contributed by atoms with E-state index in [1.165, 1.54) is 0 Å². The largest absolute Gasteiger partial charge is 0.381 e. The summed E-state index contributed by atoms with van der Waals surface area (Å²) in [6.45, 7) is 1.04. The highest BCUT2D eigenvalue weighted by Crippen LogP contribution is 2.23. The summed E-state index contributed by atoms with van der Waals surface area (Å²) in [7, 11) is -3.32. The van der Waals surface area contributed by atoms with Gasteiger partial charge < -0.3 is 4.74 Å². The number of alkyl halides is 1. The summed E-state index contributed by atoms with van der Waals surface area (Å²) < 4.78 is 32.4. The molecule has 0 atom stereocenters. The van der Waals surface area contributed by atoms with Gasteiger partial charge in [-0.3, -0.25) is 4.72 Å². The maximum absolute atomic E-state index is 12.2. The van der Waals surface area contributed by atoms with Crippen molar-refractivity contribution in [2.24, 2.45) is 0 Å². The number of rotatable bonds is 4. The lowest BCUT2D eigenvalue weighted by Gasteiger charge is -2.23. The Labute approximate surface area is 116 Å². The molecule has 1 aromatic rings. The van der Waals surface area contributed by atoms with Gasteiger partial charge in [0.2, 0.25) is 10.0 Å². The van der Waals surface area contributed by atoms with Crippen LogP contribution in [0.25, 0.3) is 0 Å². The molecule has 4 nitrogen and oxygen atoms in total. The van der Waals surface area contributed by atoms with Gasteiger partial charge in [0.05, 0.1) is 10.9 Å². The standard InChI is InChI=1S/C12H16BrNO3S/c13-9-10-3-1-2-4-12(10)14-18(15,16)11-5-7-17-8-6-11/h1-4,11,14H,5-9H2. The summed E-state index contributed by atoms with van der Waals surface area (Å²) in [4.78, 5) is 0. The molecule has 0 unspecified atom stereocenters. The summed E-state index contributed by atoms with van der Waals surface area (Å²) in [6.07, 6.45) is 1.12. The van der Waals surface area contributed by atoms with E-state index in [0.717, 1.165) is 5.56 Å². The maximum atomic E-state index is 12.2. The highest BCUT2D eigenvalue weighted by molar-refractivity contribution is 9.08. The van der Waals surface area contributed by atoms with Crippen molar-refractivity contribution in [3.8, 4) is 0 Å². The first-order valence-electron chi connectivity index (χ1n) is 5.87. The Morgan fingerprint density at radius 1 is 1.28 bits per heavy atom. The van der Waals surface area contributed by atoms with Gasteiger partial charge in [-0.05, 0) is 24.5 Å². The number of hydrogen-bond acceptors (Lipinski definition) is 3. The number of nitrogens with one attached hydrogen (secondary N) is 1. The lowest BCUT2D eigenvalue weighted by Crippen LogP contribution is -2.33. The van der Waals surface area contributed by atoms with Crippen molar-refractivity contribution in [2.75, 3.05) is 17.9 Å². The van der Waals surface area contributed by atoms with Crippen molar-refractivity contribution in [3.05, 3.63) is 29.8 Å². The van der Waals surface area contributed by atoms with E-state index in [1.54, 1.807) is 6.07 Å². The molecule has 18 heavy (non-hydrogen) atoms. The normalized spacial score (nSPS) is 17.6. The Morgan fingerprint density at radius 3 is 2.61 bits per heavy atom. The molecule has 0 aliphatic carbocycles. The minimum Gasteiger partial charge on any atom is -0.381 e. The van der Waals surface area contributed by atoms with Gasteiger partial charge in [-0.1, -0.05) is 34.1 Å². The average Bonchev–Trinajstić information content (AvgIpc) is 2.40. The van der Waals surface area contributed by atoms with E-state index in [4.69, 9.17) is 4.74 Å². The van der Waals surface area contributed by atoms with Crippen LogP contribution in [-0.2, 0) is 20.1 Å². The monoisotopic (exact) mass is 333 g/mol. The molecule has 0 bridgehead atoms. The van der Waals surface area contributed by atoms with Crippen molar-refractivity contribution in [1.29, 1.82) is 0 Å². The lowest BCUT2D eigenvalue weighted by molar-refractivity contribution is 0.0984. The van der Waals surface area contributed by atoms with Gasteiger partial charge in [-0.25, -0.2) is 8.42 Å². The third-order valence-corrected chi connectivity index (χ3v) is 5.48. The quantitative estimate of drug-likeness (QED) is 0.861. The van der Waals surface area contributed by atoms with Crippen LogP contribution in [0.15, 0.2) is 24.3 Å². The first-order chi connectivity index (χ1) is 8.63. The van der Waals surface area contributed by atoms with Crippen LogP contribution in [-0.4, -0.2) is 26.9 Å². The Balaban J connectivity index is 2.16. The van der Waals surface area contributed by atoms with E-state index >= 15 is 0 Å². The summed E-state index contributed by atoms with van der Waals surface area (Å²) in [5, 5.41) is 0.272. The predicted octanol–water partition coefficient (Wildman–Crippen LogP) is 2.50. The van der Waals surface area contributed by atoms with E-state index < -0.39 is 10.0 Å². The van der Waals surface area contributed by atoms with Gasteiger partial charge in [0.15, 0.2) is 0 Å². The van der Waals surface area contributed by atoms with Crippen molar-refractivity contribution in [1.82, 2.24) is 0 Å². The fourth-order valence-electron chi connectivity index (χ4n) is 1.96. The zero-order chi connectivity index (χ0) is 13.0. The minimum absolute atomic E-state index is 0.352. The summed E-state index contributed by atoms with van der Waals surface area (Å²) >= 11 is 3.36. The molecule has 0 spiro atoms. The van der Waals surface area contributed by atoms with Gasteiger partial charge in [-0.2, -0.15) is 0 Å². The molecule has 100 valence electrons. The van der Waals surface area contributed by atoms with Gasteiger partial charge >= 0.3 is 0 Å². The van der Waals surface area contributed by atoms with Gasteiger partial charge in [0, 0.05) is 18.5 Å². The van der Waals surface area contributed by atoms with E-state index in [1.807, 2.05) is 18.2 Å². The van der Waals surface area contributed by atoms with Gasteiger partial charge in [-0.15, -0.1) is 0 Å². The van der Waals surface area contributed by atoms with Crippen LogP contribution in [0.2, 0.25) is 0 Å². The van der Waals surface area contributed by atoms with Crippen LogP contribution in [0, 0.1) is 0 Å². The molecule has 1 N–H and O–H groups in total. The molecule has 0 saturated carbocycles. The first-order valence-corrected chi connectivity index (χ1v) is 8.53. The number of halogens is 1. The first kappa shape index (κ1) is 13.8. The molecule has 1 saturated heterocycles. The van der Waals surface area contributed by atoms with Crippen LogP contribution in [0.3, 0.4) is 0 Å². The molecule has 2 rings (SSSR count). The zero-order valence-electron chi connectivity index (χ0n) is 9.93. The summed E-state index contributed by atoms with van der Waals surface area (Å²) in [6, 6.07) is 7.40. The summed E-state index contributed by atoms with van der Waals surface area (Å²) in [5.74, 6) is 0. The highest BCUT2D eigenvalue weighted by atomic mass is 79.9. The van der Waals surface area contributed by atoms with Crippen molar-refractivity contribution in [2.45, 2.75) is 23.4 Å². The molecule has 1 aromatic carbocycles. The number of anilines is 1. The number of sulfonamides is 1. The predicted molar refractivity (Wildman–Crippen MR) is 75.5 cm³/mol. The second-order valence-electron chi connectivity index (χ2n) is 4.25. The van der Waals surface area contributed by atoms with Crippen molar-refractivity contribution >= 4 is 31.6 Å². The molecule has 0 amide bonds. The fourth-order valence-corrected chi connectivity index (χ4v) is 3.93. The van der Waals surface area contributed by atoms with Crippen molar-refractivity contribution in [3.63, 3.8) is 0 Å². The number of ether oxygens (including phenoxy) is 1. The number of benzene rings is 1. The lowest BCUT2D eigenvalue weighted by atomic mass is 10.2. The van der Waals surface area contributed by atoms with Gasteiger partial charge in [0.1, 0.15) is 0 Å². The van der Waals surface area contributed by atoms with E-state index in [9.17, 15) is 8.42 Å². The smallest absolute Gasteiger partial charge is 0.235 e. The van der Waals surface area contributed by atoms with Gasteiger partial charge in [0.25, 0.3) is 0 Å². The molecule has 1 aliphatic heterocycles. The van der Waals surface area contributed by atoms with Crippen LogP contribution in [0.1, 0.15) is 18.4 Å². The molecule has 1 fully saturated rings. The third-order valence-electron chi connectivity index (χ3n) is 3.02. The van der Waals surface area contributed by atoms with E-state index in [-0.39, 0.29) is 5.25 Å². The molecule has 0 aromatic heterocycles. The Bertz CT molecular complexity index is 498. The highest BCUT2D eigenvalue weighted by Gasteiger charge is 2.27. The number of hydrogen-bond donors (Lipinski definition) is 1. The van der Waals surface area contributed by atoms with Crippen LogP contribution < -0.4 is 4.72 Å². The topological polar surface area (TPSA) is 55.4 Å². The van der Waals surface area contributed by atoms with Crippen LogP contribution in [0.5, 0.6) is 0 Å². The summed E-state index contributed by atoms with van der Waals surface area (Å²) in [5.41, 5.74) is 1.59. The zero-order valence-corrected chi connectivity index (χ0v) is 12.3. The number of para-hydroxylation sites is 1. The second kappa shape index (κ2) is 6.04. The SMILES string of the molecule is O=S(=O)(Nc1ccccc1CBr)C1CCOCC1. The van der Waals surface area contributed by atoms with E-state index in [2.05, 4.69) is 20.7 Å². The second-order valence-corrected chi connectivity index (χ2v) is 6.77. The fraction of sp³-hybridized carbons (Fsp3) is 0.500. The third kappa shape index (κ3) is 3.24. The Hall–Kier alpha value is -0.590. The molecule has 1 heterocycles. The van der Waals surface area contributed by atoms with Crippen molar-refractivity contribution < 1.29 is 13.2 Å².